The van der Waals surface area contributed by atoms with E-state index in [1.807, 2.05) is 43.3 Å². The van der Waals surface area contributed by atoms with Gasteiger partial charge in [-0.2, -0.15) is 5.26 Å². The number of halogens is 2. The molecule has 0 unspecified atom stereocenters. The van der Waals surface area contributed by atoms with Gasteiger partial charge in [-0.25, -0.2) is 4.98 Å². The van der Waals surface area contributed by atoms with Crippen LogP contribution in [0.5, 0.6) is 0 Å². The van der Waals surface area contributed by atoms with Gasteiger partial charge in [-0.15, -0.1) is 0 Å². The number of hydrogen-bond acceptors (Lipinski definition) is 3. The molecule has 0 amide bonds. The lowest BCUT2D eigenvalue weighted by molar-refractivity contribution is 1.01. The van der Waals surface area contributed by atoms with Crippen LogP contribution in [0.15, 0.2) is 42.5 Å². The normalized spacial score (nSPS) is 11.1. The van der Waals surface area contributed by atoms with Gasteiger partial charge in [0.2, 0.25) is 0 Å². The first-order chi connectivity index (χ1) is 13.5. The summed E-state index contributed by atoms with van der Waals surface area (Å²) in [6.45, 7) is 4.66. The number of nitrogens with zero attached hydrogens (tertiary/aromatic N) is 3. The highest BCUT2D eigenvalue weighted by atomic mass is 35.5. The number of hydrogen-bond donors (Lipinski definition) is 1. The smallest absolute Gasteiger partial charge is 0.157 e. The minimum absolute atomic E-state index is 0.533. The third-order valence-electron chi connectivity index (χ3n) is 5.03. The van der Waals surface area contributed by atoms with Gasteiger partial charge in [-0.05, 0) is 54.3 Å². The van der Waals surface area contributed by atoms with Crippen molar-refractivity contribution >= 4 is 45.7 Å². The van der Waals surface area contributed by atoms with Gasteiger partial charge in [0.05, 0.1) is 26.6 Å². The van der Waals surface area contributed by atoms with E-state index in [1.54, 1.807) is 6.07 Å². The Labute approximate surface area is 173 Å². The summed E-state index contributed by atoms with van der Waals surface area (Å²) in [4.78, 5) is 4.73. The van der Waals surface area contributed by atoms with Gasteiger partial charge in [0.25, 0.3) is 0 Å². The number of nitriles is 1. The van der Waals surface area contributed by atoms with Gasteiger partial charge in [0.15, 0.2) is 5.65 Å². The van der Waals surface area contributed by atoms with E-state index in [0.717, 1.165) is 40.0 Å². The second-order valence-electron chi connectivity index (χ2n) is 6.65. The van der Waals surface area contributed by atoms with Crippen LogP contribution in [0, 0.1) is 18.3 Å². The molecule has 0 radical (unpaired) electrons. The summed E-state index contributed by atoms with van der Waals surface area (Å²) in [5.74, 6) is 0.953. The Morgan fingerprint density at radius 1 is 1.14 bits per heavy atom. The average molecular weight is 409 g/mol. The molecule has 28 heavy (non-hydrogen) atoms. The van der Waals surface area contributed by atoms with Crippen molar-refractivity contribution in [2.24, 2.45) is 0 Å². The van der Waals surface area contributed by atoms with Crippen molar-refractivity contribution in [1.29, 1.82) is 5.26 Å². The van der Waals surface area contributed by atoms with Crippen molar-refractivity contribution in [3.63, 3.8) is 0 Å². The zero-order valence-electron chi connectivity index (χ0n) is 15.6. The summed E-state index contributed by atoms with van der Waals surface area (Å²) >= 11 is 12.2. The predicted octanol–water partition coefficient (Wildman–Crippen LogP) is 6.15. The first-order valence-electron chi connectivity index (χ1n) is 9.05. The Kier molecular flexibility index (Phi) is 4.89. The topological polar surface area (TPSA) is 53.1 Å². The van der Waals surface area contributed by atoms with E-state index in [1.165, 1.54) is 0 Å². The molecule has 2 aromatic carbocycles. The molecule has 4 aromatic rings. The SMILES string of the molecule is CCc1c(C)c(C#N)c2nc3ccccc3n2c1NCc1ccc(Cl)c(Cl)c1. The summed E-state index contributed by atoms with van der Waals surface area (Å²) in [6.07, 6.45) is 0.798. The quantitative estimate of drug-likeness (QED) is 0.440. The number of nitrogens with one attached hydrogen (secondary N) is 1. The van der Waals surface area contributed by atoms with Crippen LogP contribution >= 0.6 is 23.2 Å². The monoisotopic (exact) mass is 408 g/mol. The fourth-order valence-electron chi connectivity index (χ4n) is 3.64. The van der Waals surface area contributed by atoms with E-state index in [2.05, 4.69) is 22.7 Å². The Bertz CT molecular complexity index is 1250. The molecule has 0 aliphatic rings. The highest BCUT2D eigenvalue weighted by Crippen LogP contribution is 2.32. The summed E-state index contributed by atoms with van der Waals surface area (Å²) in [5, 5.41) is 14.4. The maximum atomic E-state index is 9.77. The van der Waals surface area contributed by atoms with Gasteiger partial charge >= 0.3 is 0 Å². The third kappa shape index (κ3) is 2.97. The van der Waals surface area contributed by atoms with Crippen molar-refractivity contribution in [2.45, 2.75) is 26.8 Å². The van der Waals surface area contributed by atoms with E-state index in [0.29, 0.717) is 27.8 Å². The van der Waals surface area contributed by atoms with E-state index in [-0.39, 0.29) is 0 Å². The molecule has 1 N–H and O–H groups in total. The molecular weight excluding hydrogens is 391 g/mol. The lowest BCUT2D eigenvalue weighted by Gasteiger charge is -2.18. The average Bonchev–Trinajstić information content (AvgIpc) is 3.07. The molecule has 4 nitrogen and oxygen atoms in total. The molecule has 0 aliphatic heterocycles. The second kappa shape index (κ2) is 7.35. The van der Waals surface area contributed by atoms with Crippen LogP contribution < -0.4 is 5.32 Å². The lowest BCUT2D eigenvalue weighted by Crippen LogP contribution is -2.10. The maximum Gasteiger partial charge on any atom is 0.157 e. The van der Waals surface area contributed by atoms with Crippen molar-refractivity contribution < 1.29 is 0 Å². The summed E-state index contributed by atoms with van der Waals surface area (Å²) in [5.41, 5.74) is 6.22. The Morgan fingerprint density at radius 2 is 1.93 bits per heavy atom. The summed E-state index contributed by atoms with van der Waals surface area (Å²) in [7, 11) is 0. The molecule has 2 heterocycles. The molecule has 2 aromatic heterocycles. The summed E-state index contributed by atoms with van der Waals surface area (Å²) < 4.78 is 2.05. The maximum absolute atomic E-state index is 9.77. The van der Waals surface area contributed by atoms with Crippen LogP contribution in [-0.2, 0) is 13.0 Å². The molecule has 0 spiro atoms. The largest absolute Gasteiger partial charge is 0.367 e. The van der Waals surface area contributed by atoms with Crippen LogP contribution in [0.3, 0.4) is 0 Å². The van der Waals surface area contributed by atoms with Crippen molar-refractivity contribution in [2.75, 3.05) is 5.32 Å². The van der Waals surface area contributed by atoms with Crippen LogP contribution in [0.2, 0.25) is 10.0 Å². The third-order valence-corrected chi connectivity index (χ3v) is 5.77. The van der Waals surface area contributed by atoms with Crippen molar-refractivity contribution in [3.05, 3.63) is 74.8 Å². The first-order valence-corrected chi connectivity index (χ1v) is 9.81. The molecule has 0 saturated carbocycles. The van der Waals surface area contributed by atoms with Crippen LogP contribution in [0.4, 0.5) is 5.82 Å². The number of pyridine rings is 1. The minimum Gasteiger partial charge on any atom is -0.367 e. The van der Waals surface area contributed by atoms with Gasteiger partial charge in [0, 0.05) is 6.54 Å². The highest BCUT2D eigenvalue weighted by molar-refractivity contribution is 6.42. The van der Waals surface area contributed by atoms with E-state index >= 15 is 0 Å². The zero-order valence-corrected chi connectivity index (χ0v) is 17.1. The Hall–Kier alpha value is -2.74. The second-order valence-corrected chi connectivity index (χ2v) is 7.47. The molecule has 140 valence electrons. The number of rotatable bonds is 4. The fourth-order valence-corrected chi connectivity index (χ4v) is 3.96. The van der Waals surface area contributed by atoms with Gasteiger partial charge in [-0.3, -0.25) is 4.40 Å². The molecule has 0 atom stereocenters. The lowest BCUT2D eigenvalue weighted by atomic mass is 10.0. The van der Waals surface area contributed by atoms with Crippen LogP contribution in [0.25, 0.3) is 16.7 Å². The number of benzene rings is 2. The predicted molar refractivity (Wildman–Crippen MR) is 115 cm³/mol. The minimum atomic E-state index is 0.533. The molecular formula is C22H18Cl2N4. The molecule has 0 fully saturated rings. The van der Waals surface area contributed by atoms with Gasteiger partial charge in [-0.1, -0.05) is 48.3 Å². The van der Waals surface area contributed by atoms with Gasteiger partial charge in [0.1, 0.15) is 11.9 Å². The van der Waals surface area contributed by atoms with Crippen LogP contribution in [-0.4, -0.2) is 9.38 Å². The van der Waals surface area contributed by atoms with Crippen LogP contribution in [0.1, 0.15) is 29.2 Å². The number of aromatic nitrogens is 2. The van der Waals surface area contributed by atoms with Gasteiger partial charge < -0.3 is 5.32 Å². The number of para-hydroxylation sites is 2. The molecule has 4 rings (SSSR count). The summed E-state index contributed by atoms with van der Waals surface area (Å²) in [6, 6.07) is 15.9. The fraction of sp³-hybridized carbons (Fsp3) is 0.182. The molecule has 0 saturated heterocycles. The Balaban J connectivity index is 1.93. The molecule has 0 aliphatic carbocycles. The standard InChI is InChI=1S/C22H18Cl2N4/c1-3-15-13(2)16(11-25)22-27-19-6-4-5-7-20(19)28(22)21(15)26-12-14-8-9-17(23)18(24)10-14/h4-10,26H,3,12H2,1-2H3. The van der Waals surface area contributed by atoms with E-state index in [4.69, 9.17) is 28.2 Å². The van der Waals surface area contributed by atoms with Crippen molar-refractivity contribution in [3.8, 4) is 6.07 Å². The first kappa shape index (κ1) is 18.6. The zero-order chi connectivity index (χ0) is 19.8. The highest BCUT2D eigenvalue weighted by Gasteiger charge is 2.19. The number of anilines is 1. The number of fused-ring (bicyclic) bond motifs is 3. The van der Waals surface area contributed by atoms with E-state index < -0.39 is 0 Å². The Morgan fingerprint density at radius 3 is 2.64 bits per heavy atom. The van der Waals surface area contributed by atoms with Crippen molar-refractivity contribution in [1.82, 2.24) is 9.38 Å². The molecule has 6 heteroatoms. The number of imidazole rings is 1. The van der Waals surface area contributed by atoms with E-state index in [9.17, 15) is 5.26 Å². The molecule has 0 bridgehead atoms.